The molecule has 7 nitrogen and oxygen atoms in total. The number of carbonyl (C=O) groups is 2. The Balaban J connectivity index is 1.52. The highest BCUT2D eigenvalue weighted by Crippen LogP contribution is 2.33. The Labute approximate surface area is 179 Å². The molecular weight excluding hydrogens is 448 g/mol. The normalized spacial score (nSPS) is 14.6. The Hall–Kier alpha value is -2.59. The van der Waals surface area contributed by atoms with Gasteiger partial charge in [-0.05, 0) is 18.2 Å². The number of esters is 1. The Kier molecular flexibility index (Phi) is 6.67. The summed E-state index contributed by atoms with van der Waals surface area (Å²) in [6.45, 7) is 0.744. The van der Waals surface area contributed by atoms with E-state index in [-0.39, 0.29) is 34.6 Å². The van der Waals surface area contributed by atoms with Crippen molar-refractivity contribution in [1.29, 1.82) is 0 Å². The van der Waals surface area contributed by atoms with Gasteiger partial charge in [-0.15, -0.1) is 0 Å². The molecule has 0 radical (unpaired) electrons. The Morgan fingerprint density at radius 2 is 1.77 bits per heavy atom. The molecule has 1 aliphatic rings. The van der Waals surface area contributed by atoms with Crippen LogP contribution in [0.3, 0.4) is 0 Å². The van der Waals surface area contributed by atoms with Gasteiger partial charge in [0, 0.05) is 38.6 Å². The van der Waals surface area contributed by atoms with Crippen molar-refractivity contribution in [3.8, 4) is 0 Å². The highest BCUT2D eigenvalue weighted by Gasteiger charge is 2.32. The third-order valence-corrected chi connectivity index (χ3v) is 4.87. The van der Waals surface area contributed by atoms with E-state index in [9.17, 15) is 22.8 Å². The maximum atomic E-state index is 12.7. The van der Waals surface area contributed by atoms with Crippen LogP contribution in [0.1, 0.15) is 15.9 Å². The zero-order chi connectivity index (χ0) is 21.9. The lowest BCUT2D eigenvalue weighted by molar-refractivity contribution is -0.138. The zero-order valence-corrected chi connectivity index (χ0v) is 16.8. The first kappa shape index (κ1) is 22.1. The first-order valence-electron chi connectivity index (χ1n) is 8.69. The van der Waals surface area contributed by atoms with Crippen LogP contribution in [0.25, 0.3) is 0 Å². The minimum Gasteiger partial charge on any atom is -0.452 e. The van der Waals surface area contributed by atoms with Crippen molar-refractivity contribution in [2.24, 2.45) is 0 Å². The maximum absolute atomic E-state index is 12.7. The van der Waals surface area contributed by atoms with Gasteiger partial charge in [-0.3, -0.25) is 4.79 Å². The largest absolute Gasteiger partial charge is 0.452 e. The molecule has 2 aromatic rings. The second-order valence-corrected chi connectivity index (χ2v) is 7.14. The van der Waals surface area contributed by atoms with Crippen LogP contribution in [-0.4, -0.2) is 59.5 Å². The highest BCUT2D eigenvalue weighted by molar-refractivity contribution is 6.33. The van der Waals surface area contributed by atoms with E-state index >= 15 is 0 Å². The summed E-state index contributed by atoms with van der Waals surface area (Å²) in [4.78, 5) is 35.0. The third-order valence-electron chi connectivity index (χ3n) is 4.37. The van der Waals surface area contributed by atoms with Crippen LogP contribution in [0.2, 0.25) is 10.2 Å². The summed E-state index contributed by atoms with van der Waals surface area (Å²) >= 11 is 11.6. The number of halogens is 5. The molecule has 0 N–H and O–H groups in total. The first-order valence-corrected chi connectivity index (χ1v) is 9.45. The van der Waals surface area contributed by atoms with Crippen LogP contribution < -0.4 is 4.90 Å². The summed E-state index contributed by atoms with van der Waals surface area (Å²) in [5, 5.41) is 0.109. The van der Waals surface area contributed by atoms with E-state index in [1.54, 1.807) is 4.90 Å². The molecule has 2 aromatic heterocycles. The molecule has 1 saturated heterocycles. The number of rotatable bonds is 4. The molecular formula is C18H15Cl2F3N4O3. The smallest absolute Gasteiger partial charge is 0.417 e. The number of aromatic nitrogens is 2. The molecule has 3 heterocycles. The summed E-state index contributed by atoms with van der Waals surface area (Å²) in [5.41, 5.74) is -0.761. The monoisotopic (exact) mass is 462 g/mol. The predicted octanol–water partition coefficient (Wildman–Crippen LogP) is 3.31. The van der Waals surface area contributed by atoms with Crippen molar-refractivity contribution >= 4 is 40.9 Å². The zero-order valence-electron chi connectivity index (χ0n) is 15.3. The van der Waals surface area contributed by atoms with Crippen molar-refractivity contribution < 1.29 is 27.5 Å². The van der Waals surface area contributed by atoms with E-state index in [0.717, 1.165) is 12.3 Å². The number of pyridine rings is 2. The molecule has 0 aliphatic carbocycles. The number of ether oxygens (including phenoxy) is 1. The molecule has 0 aromatic carbocycles. The standard InChI is InChI=1S/C18H15Cl2F3N4O3/c19-13-7-12(18(21,22)23)9-25-16(13)27-5-3-26(4-6-27)15(28)10-30-17(29)11-1-2-14(20)24-8-11/h1-2,7-9H,3-6,10H2. The fourth-order valence-electron chi connectivity index (χ4n) is 2.78. The Morgan fingerprint density at radius 3 is 2.33 bits per heavy atom. The van der Waals surface area contributed by atoms with E-state index in [1.165, 1.54) is 23.2 Å². The topological polar surface area (TPSA) is 75.6 Å². The van der Waals surface area contributed by atoms with E-state index in [4.69, 9.17) is 27.9 Å². The summed E-state index contributed by atoms with van der Waals surface area (Å²) in [6.07, 6.45) is -2.56. The molecule has 160 valence electrons. The SMILES string of the molecule is O=C(OCC(=O)N1CCN(c2ncc(C(F)(F)F)cc2Cl)CC1)c1ccc(Cl)nc1. The van der Waals surface area contributed by atoms with Crippen molar-refractivity contribution in [3.05, 3.63) is 51.9 Å². The minimum absolute atomic E-state index is 0.116. The molecule has 0 saturated carbocycles. The molecule has 3 rings (SSSR count). The van der Waals surface area contributed by atoms with Gasteiger partial charge in [-0.1, -0.05) is 23.2 Å². The number of nitrogens with zero attached hydrogens (tertiary/aromatic N) is 4. The molecule has 30 heavy (non-hydrogen) atoms. The van der Waals surface area contributed by atoms with E-state index in [1.807, 2.05) is 0 Å². The molecule has 0 atom stereocenters. The second-order valence-electron chi connectivity index (χ2n) is 6.34. The summed E-state index contributed by atoms with van der Waals surface area (Å²) in [5.74, 6) is -0.873. The van der Waals surface area contributed by atoms with Gasteiger partial charge in [0.05, 0.1) is 16.1 Å². The molecule has 0 spiro atoms. The number of hydrogen-bond acceptors (Lipinski definition) is 6. The average Bonchev–Trinajstić information content (AvgIpc) is 2.71. The summed E-state index contributed by atoms with van der Waals surface area (Å²) in [7, 11) is 0. The molecule has 1 amide bonds. The minimum atomic E-state index is -4.53. The van der Waals surface area contributed by atoms with Gasteiger partial charge < -0.3 is 14.5 Å². The van der Waals surface area contributed by atoms with Crippen molar-refractivity contribution in [1.82, 2.24) is 14.9 Å². The lowest BCUT2D eigenvalue weighted by atomic mass is 10.2. The first-order chi connectivity index (χ1) is 14.1. The van der Waals surface area contributed by atoms with E-state index in [2.05, 4.69) is 9.97 Å². The fourth-order valence-corrected chi connectivity index (χ4v) is 3.18. The van der Waals surface area contributed by atoms with Gasteiger partial charge in [-0.25, -0.2) is 14.8 Å². The summed E-state index contributed by atoms with van der Waals surface area (Å²) < 4.78 is 43.2. The van der Waals surface area contributed by atoms with E-state index in [0.29, 0.717) is 13.1 Å². The van der Waals surface area contributed by atoms with Gasteiger partial charge in [-0.2, -0.15) is 13.2 Å². The summed E-state index contributed by atoms with van der Waals surface area (Å²) in [6, 6.07) is 3.69. The number of amides is 1. The maximum Gasteiger partial charge on any atom is 0.417 e. The van der Waals surface area contributed by atoms with Crippen LogP contribution in [0, 0.1) is 0 Å². The van der Waals surface area contributed by atoms with Gasteiger partial charge in [0.1, 0.15) is 11.0 Å². The number of hydrogen-bond donors (Lipinski definition) is 0. The fraction of sp³-hybridized carbons (Fsp3) is 0.333. The lowest BCUT2D eigenvalue weighted by Gasteiger charge is -2.35. The van der Waals surface area contributed by atoms with Crippen molar-refractivity contribution in [2.45, 2.75) is 6.18 Å². The highest BCUT2D eigenvalue weighted by atomic mass is 35.5. The van der Waals surface area contributed by atoms with Gasteiger partial charge >= 0.3 is 12.1 Å². The van der Waals surface area contributed by atoms with E-state index < -0.39 is 30.2 Å². The van der Waals surface area contributed by atoms with Crippen LogP contribution >= 0.6 is 23.2 Å². The number of anilines is 1. The number of alkyl halides is 3. The van der Waals surface area contributed by atoms with Crippen molar-refractivity contribution in [3.63, 3.8) is 0 Å². The quantitative estimate of drug-likeness (QED) is 0.512. The predicted molar refractivity (Wildman–Crippen MR) is 103 cm³/mol. The van der Waals surface area contributed by atoms with Crippen molar-refractivity contribution in [2.75, 3.05) is 37.7 Å². The van der Waals surface area contributed by atoms with Gasteiger partial charge in [0.15, 0.2) is 6.61 Å². The molecule has 12 heteroatoms. The van der Waals surface area contributed by atoms with Crippen LogP contribution in [0.5, 0.6) is 0 Å². The third kappa shape index (κ3) is 5.31. The van der Waals surface area contributed by atoms with Crippen LogP contribution in [0.4, 0.5) is 19.0 Å². The Morgan fingerprint density at radius 1 is 1.07 bits per heavy atom. The molecule has 1 aliphatic heterocycles. The number of carbonyl (C=O) groups excluding carboxylic acids is 2. The molecule has 1 fully saturated rings. The molecule has 0 bridgehead atoms. The van der Waals surface area contributed by atoms with Gasteiger partial charge in [0.2, 0.25) is 0 Å². The lowest BCUT2D eigenvalue weighted by Crippen LogP contribution is -2.50. The average molecular weight is 463 g/mol. The number of piperazine rings is 1. The van der Waals surface area contributed by atoms with Crippen LogP contribution in [-0.2, 0) is 15.7 Å². The van der Waals surface area contributed by atoms with Gasteiger partial charge in [0.25, 0.3) is 5.91 Å². The Bertz CT molecular complexity index is 933. The van der Waals surface area contributed by atoms with Crippen LogP contribution in [0.15, 0.2) is 30.6 Å². The second kappa shape index (κ2) is 9.05. The molecule has 0 unspecified atom stereocenters.